The van der Waals surface area contributed by atoms with Crippen molar-refractivity contribution in [3.63, 3.8) is 0 Å². The van der Waals surface area contributed by atoms with Gasteiger partial charge in [-0.15, -0.1) is 11.8 Å². The van der Waals surface area contributed by atoms with Crippen LogP contribution in [-0.4, -0.2) is 28.9 Å². The minimum atomic E-state index is -0.762. The molecule has 1 aromatic rings. The number of carboxylic acid groups (broad SMARTS) is 1. The van der Waals surface area contributed by atoms with Crippen LogP contribution in [-0.2, 0) is 4.79 Å². The van der Waals surface area contributed by atoms with Crippen molar-refractivity contribution in [2.24, 2.45) is 0 Å². The van der Waals surface area contributed by atoms with Crippen LogP contribution in [0.2, 0.25) is 5.02 Å². The van der Waals surface area contributed by atoms with E-state index in [9.17, 15) is 4.79 Å². The summed E-state index contributed by atoms with van der Waals surface area (Å²) < 4.78 is 0. The lowest BCUT2D eigenvalue weighted by atomic mass is 10.2. The van der Waals surface area contributed by atoms with Gasteiger partial charge in [0.2, 0.25) is 0 Å². The Labute approximate surface area is 116 Å². The van der Waals surface area contributed by atoms with Crippen LogP contribution < -0.4 is 5.32 Å². The quantitative estimate of drug-likeness (QED) is 0.756. The number of nitrogens with one attached hydrogen (secondary N) is 1. The molecule has 1 atom stereocenters. The molecule has 98 valence electrons. The Bertz CT molecular complexity index is 423. The number of halogens is 1. The van der Waals surface area contributed by atoms with Crippen molar-refractivity contribution in [2.75, 3.05) is 5.75 Å². The number of benzene rings is 1. The predicted molar refractivity (Wildman–Crippen MR) is 74.4 cm³/mol. The first kappa shape index (κ1) is 13.7. The largest absolute Gasteiger partial charge is 0.480 e. The van der Waals surface area contributed by atoms with Crippen molar-refractivity contribution in [1.82, 2.24) is 5.32 Å². The predicted octanol–water partition coefficient (Wildman–Crippen LogP) is 3.03. The molecule has 0 saturated heterocycles. The summed E-state index contributed by atoms with van der Waals surface area (Å²) in [4.78, 5) is 12.1. The highest BCUT2D eigenvalue weighted by atomic mass is 35.5. The number of rotatable bonds is 7. The molecule has 0 aliphatic heterocycles. The maximum absolute atomic E-state index is 11.1. The smallest absolute Gasteiger partial charge is 0.320 e. The molecule has 18 heavy (non-hydrogen) atoms. The van der Waals surface area contributed by atoms with Gasteiger partial charge in [0.25, 0.3) is 0 Å². The van der Waals surface area contributed by atoms with Crippen LogP contribution in [0.25, 0.3) is 0 Å². The summed E-state index contributed by atoms with van der Waals surface area (Å²) in [6.07, 6.45) is 2.81. The van der Waals surface area contributed by atoms with Gasteiger partial charge < -0.3 is 10.4 Å². The second-order valence-electron chi connectivity index (χ2n) is 4.40. The summed E-state index contributed by atoms with van der Waals surface area (Å²) in [7, 11) is 0. The van der Waals surface area contributed by atoms with Gasteiger partial charge in [-0.25, -0.2) is 0 Å². The second-order valence-corrected chi connectivity index (χ2v) is 5.94. The molecule has 1 aliphatic carbocycles. The Balaban J connectivity index is 1.79. The van der Waals surface area contributed by atoms with Gasteiger partial charge in [0, 0.05) is 16.7 Å². The highest BCUT2D eigenvalue weighted by Crippen LogP contribution is 2.27. The lowest BCUT2D eigenvalue weighted by molar-refractivity contribution is -0.139. The van der Waals surface area contributed by atoms with E-state index in [0.29, 0.717) is 12.5 Å². The number of thioether (sulfide) groups is 1. The summed E-state index contributed by atoms with van der Waals surface area (Å²) in [6.45, 7) is 0. The molecule has 1 unspecified atom stereocenters. The minimum Gasteiger partial charge on any atom is -0.480 e. The maximum Gasteiger partial charge on any atom is 0.320 e. The third kappa shape index (κ3) is 4.19. The number of hydrogen-bond acceptors (Lipinski definition) is 3. The average Bonchev–Trinajstić information content (AvgIpc) is 3.14. The van der Waals surface area contributed by atoms with Gasteiger partial charge in [-0.2, -0.15) is 0 Å². The molecule has 2 rings (SSSR count). The zero-order valence-corrected chi connectivity index (χ0v) is 11.5. The van der Waals surface area contributed by atoms with Gasteiger partial charge in [-0.05, 0) is 31.4 Å². The van der Waals surface area contributed by atoms with E-state index in [2.05, 4.69) is 5.32 Å². The molecule has 1 aromatic carbocycles. The zero-order chi connectivity index (χ0) is 13.0. The SMILES string of the molecule is O=C(O)C(CCSc1ccccc1Cl)NC1CC1. The molecule has 0 heterocycles. The Morgan fingerprint density at radius 3 is 2.83 bits per heavy atom. The number of aliphatic carboxylic acids is 1. The van der Waals surface area contributed by atoms with E-state index in [4.69, 9.17) is 16.7 Å². The zero-order valence-electron chi connectivity index (χ0n) is 9.93. The van der Waals surface area contributed by atoms with Gasteiger partial charge in [0.15, 0.2) is 0 Å². The summed E-state index contributed by atoms with van der Waals surface area (Å²) in [6, 6.07) is 7.61. The molecule has 1 aliphatic rings. The summed E-state index contributed by atoms with van der Waals surface area (Å²) in [5.41, 5.74) is 0. The highest BCUT2D eigenvalue weighted by Gasteiger charge is 2.27. The van der Waals surface area contributed by atoms with Crippen molar-refractivity contribution in [3.8, 4) is 0 Å². The summed E-state index contributed by atoms with van der Waals surface area (Å²) >= 11 is 7.65. The molecular weight excluding hydrogens is 270 g/mol. The third-order valence-electron chi connectivity index (χ3n) is 2.81. The molecule has 0 bridgehead atoms. The number of hydrogen-bond donors (Lipinski definition) is 2. The van der Waals surface area contributed by atoms with Gasteiger partial charge in [0.1, 0.15) is 6.04 Å². The molecular formula is C13H16ClNO2S. The second kappa shape index (κ2) is 6.45. The fourth-order valence-corrected chi connectivity index (χ4v) is 2.91. The van der Waals surface area contributed by atoms with E-state index in [-0.39, 0.29) is 0 Å². The molecule has 0 aromatic heterocycles. The number of carbonyl (C=O) groups is 1. The van der Waals surface area contributed by atoms with Crippen molar-refractivity contribution < 1.29 is 9.90 Å². The van der Waals surface area contributed by atoms with Gasteiger partial charge >= 0.3 is 5.97 Å². The Kier molecular flexibility index (Phi) is 4.92. The normalized spacial score (nSPS) is 16.5. The molecule has 1 fully saturated rings. The van der Waals surface area contributed by atoms with E-state index in [1.807, 2.05) is 24.3 Å². The van der Waals surface area contributed by atoms with Crippen molar-refractivity contribution >= 4 is 29.3 Å². The van der Waals surface area contributed by atoms with Crippen LogP contribution >= 0.6 is 23.4 Å². The fraction of sp³-hybridized carbons (Fsp3) is 0.462. The van der Waals surface area contributed by atoms with Gasteiger partial charge in [-0.1, -0.05) is 23.7 Å². The van der Waals surface area contributed by atoms with Crippen LogP contribution in [0.5, 0.6) is 0 Å². The first-order valence-corrected chi connectivity index (χ1v) is 7.39. The molecule has 2 N–H and O–H groups in total. The van der Waals surface area contributed by atoms with Gasteiger partial charge in [-0.3, -0.25) is 4.79 Å². The fourth-order valence-electron chi connectivity index (χ4n) is 1.66. The molecule has 3 nitrogen and oxygen atoms in total. The molecule has 0 spiro atoms. The van der Waals surface area contributed by atoms with E-state index < -0.39 is 12.0 Å². The monoisotopic (exact) mass is 285 g/mol. The molecule has 0 radical (unpaired) electrons. The lowest BCUT2D eigenvalue weighted by Gasteiger charge is -2.13. The third-order valence-corrected chi connectivity index (χ3v) is 4.36. The van der Waals surface area contributed by atoms with Crippen molar-refractivity contribution in [2.45, 2.75) is 36.2 Å². The van der Waals surface area contributed by atoms with Gasteiger partial charge in [0.05, 0.1) is 5.02 Å². The van der Waals surface area contributed by atoms with Crippen molar-refractivity contribution in [1.29, 1.82) is 0 Å². The first-order valence-electron chi connectivity index (χ1n) is 6.03. The van der Waals surface area contributed by atoms with E-state index >= 15 is 0 Å². The van der Waals surface area contributed by atoms with E-state index in [1.54, 1.807) is 11.8 Å². The van der Waals surface area contributed by atoms with E-state index in [0.717, 1.165) is 28.5 Å². The summed E-state index contributed by atoms with van der Waals surface area (Å²) in [5.74, 6) is -0.0119. The Morgan fingerprint density at radius 2 is 2.22 bits per heavy atom. The van der Waals surface area contributed by atoms with Crippen LogP contribution in [0, 0.1) is 0 Å². The van der Waals surface area contributed by atoms with Crippen molar-refractivity contribution in [3.05, 3.63) is 29.3 Å². The molecule has 1 saturated carbocycles. The minimum absolute atomic E-state index is 0.413. The number of carboxylic acids is 1. The maximum atomic E-state index is 11.1. The lowest BCUT2D eigenvalue weighted by Crippen LogP contribution is -2.38. The summed E-state index contributed by atoms with van der Waals surface area (Å²) in [5, 5.41) is 13.0. The average molecular weight is 286 g/mol. The highest BCUT2D eigenvalue weighted by molar-refractivity contribution is 7.99. The van der Waals surface area contributed by atoms with E-state index in [1.165, 1.54) is 0 Å². The van der Waals surface area contributed by atoms with Crippen LogP contribution in [0.1, 0.15) is 19.3 Å². The topological polar surface area (TPSA) is 49.3 Å². The first-order chi connectivity index (χ1) is 8.66. The van der Waals surface area contributed by atoms with Crippen LogP contribution in [0.15, 0.2) is 29.2 Å². The van der Waals surface area contributed by atoms with Crippen LogP contribution in [0.4, 0.5) is 0 Å². The van der Waals surface area contributed by atoms with Crippen LogP contribution in [0.3, 0.4) is 0 Å². The Hall–Kier alpha value is -0.710. The standard InChI is InChI=1S/C13H16ClNO2S/c14-10-3-1-2-4-12(10)18-8-7-11(13(16)17)15-9-5-6-9/h1-4,9,11,15H,5-8H2,(H,16,17). The Morgan fingerprint density at radius 1 is 1.50 bits per heavy atom. The molecule has 0 amide bonds. The molecule has 5 heteroatoms.